The molecular formula is C14H21NO. The van der Waals surface area contributed by atoms with Crippen LogP contribution >= 0.6 is 0 Å². The van der Waals surface area contributed by atoms with E-state index in [1.807, 2.05) is 6.07 Å². The van der Waals surface area contributed by atoms with Crippen LogP contribution in [0.2, 0.25) is 0 Å². The Morgan fingerprint density at radius 3 is 3.00 bits per heavy atom. The summed E-state index contributed by atoms with van der Waals surface area (Å²) in [6.45, 7) is 6.39. The van der Waals surface area contributed by atoms with Gasteiger partial charge in [-0.05, 0) is 19.0 Å². The van der Waals surface area contributed by atoms with Gasteiger partial charge in [-0.1, -0.05) is 38.5 Å². The summed E-state index contributed by atoms with van der Waals surface area (Å²) < 4.78 is 5.73. The Kier molecular flexibility index (Phi) is 3.83. The smallest absolute Gasteiger partial charge is 0.124 e. The molecule has 0 amide bonds. The molecule has 1 aromatic carbocycles. The van der Waals surface area contributed by atoms with E-state index in [4.69, 9.17) is 4.74 Å². The van der Waals surface area contributed by atoms with Gasteiger partial charge >= 0.3 is 0 Å². The molecule has 2 atom stereocenters. The summed E-state index contributed by atoms with van der Waals surface area (Å²) in [7, 11) is 0. The van der Waals surface area contributed by atoms with Gasteiger partial charge in [0.25, 0.3) is 0 Å². The van der Waals surface area contributed by atoms with Crippen molar-refractivity contribution in [2.75, 3.05) is 13.2 Å². The van der Waals surface area contributed by atoms with Crippen LogP contribution in [-0.4, -0.2) is 13.2 Å². The molecule has 2 rings (SSSR count). The number of para-hydroxylation sites is 1. The Bertz CT molecular complexity index is 337. The van der Waals surface area contributed by atoms with Gasteiger partial charge in [-0.25, -0.2) is 0 Å². The average Bonchev–Trinajstić information content (AvgIpc) is 2.32. The van der Waals surface area contributed by atoms with Gasteiger partial charge in [-0.3, -0.25) is 0 Å². The van der Waals surface area contributed by atoms with E-state index < -0.39 is 0 Å². The van der Waals surface area contributed by atoms with Crippen LogP contribution in [0.25, 0.3) is 0 Å². The van der Waals surface area contributed by atoms with Crippen LogP contribution in [0.3, 0.4) is 0 Å². The molecule has 0 saturated heterocycles. The number of ether oxygens (including phenoxy) is 1. The first-order valence-corrected chi connectivity index (χ1v) is 6.28. The predicted octanol–water partition coefficient (Wildman–Crippen LogP) is 3.15. The van der Waals surface area contributed by atoms with E-state index in [2.05, 4.69) is 37.4 Å². The molecule has 16 heavy (non-hydrogen) atoms. The van der Waals surface area contributed by atoms with E-state index in [0.29, 0.717) is 12.0 Å². The average molecular weight is 219 g/mol. The third kappa shape index (κ3) is 2.38. The molecule has 1 heterocycles. The number of nitrogens with one attached hydrogen (secondary N) is 1. The van der Waals surface area contributed by atoms with Crippen molar-refractivity contribution in [3.05, 3.63) is 29.8 Å². The fraction of sp³-hybridized carbons (Fsp3) is 0.571. The summed E-state index contributed by atoms with van der Waals surface area (Å²) in [4.78, 5) is 0. The molecule has 1 aliphatic heterocycles. The summed E-state index contributed by atoms with van der Waals surface area (Å²) in [5.41, 5.74) is 1.32. The summed E-state index contributed by atoms with van der Waals surface area (Å²) in [6.07, 6.45) is 2.48. The lowest BCUT2D eigenvalue weighted by atomic mass is 9.92. The van der Waals surface area contributed by atoms with Crippen molar-refractivity contribution in [2.45, 2.75) is 32.7 Å². The molecule has 0 bridgehead atoms. The second-order valence-corrected chi connectivity index (χ2v) is 4.61. The van der Waals surface area contributed by atoms with Crippen LogP contribution in [0, 0.1) is 5.92 Å². The van der Waals surface area contributed by atoms with Crippen LogP contribution < -0.4 is 10.1 Å². The highest BCUT2D eigenvalue weighted by Gasteiger charge is 2.26. The zero-order valence-corrected chi connectivity index (χ0v) is 10.2. The molecule has 1 N–H and O–H groups in total. The highest BCUT2D eigenvalue weighted by molar-refractivity contribution is 5.37. The summed E-state index contributed by atoms with van der Waals surface area (Å²) in [5, 5.41) is 3.65. The molecule has 0 radical (unpaired) electrons. The minimum absolute atomic E-state index is 0.455. The Hall–Kier alpha value is -1.02. The second kappa shape index (κ2) is 5.35. The molecule has 0 saturated carbocycles. The van der Waals surface area contributed by atoms with Crippen LogP contribution in [0.5, 0.6) is 5.75 Å². The molecule has 2 heteroatoms. The molecule has 88 valence electrons. The number of rotatable bonds is 4. The third-order valence-corrected chi connectivity index (χ3v) is 3.22. The molecule has 0 spiro atoms. The minimum Gasteiger partial charge on any atom is -0.493 e. The van der Waals surface area contributed by atoms with E-state index >= 15 is 0 Å². The molecule has 1 aromatic rings. The Labute approximate surface area is 98.0 Å². The van der Waals surface area contributed by atoms with E-state index in [9.17, 15) is 0 Å². The first kappa shape index (κ1) is 11.5. The molecule has 2 unspecified atom stereocenters. The summed E-state index contributed by atoms with van der Waals surface area (Å²) >= 11 is 0. The van der Waals surface area contributed by atoms with Gasteiger partial charge in [-0.15, -0.1) is 0 Å². The lowest BCUT2D eigenvalue weighted by molar-refractivity contribution is 0.188. The molecule has 0 aliphatic carbocycles. The summed E-state index contributed by atoms with van der Waals surface area (Å²) in [5.74, 6) is 1.60. The van der Waals surface area contributed by atoms with Gasteiger partial charge in [-0.2, -0.15) is 0 Å². The maximum Gasteiger partial charge on any atom is 0.124 e. The van der Waals surface area contributed by atoms with Crippen molar-refractivity contribution in [1.82, 2.24) is 5.32 Å². The van der Waals surface area contributed by atoms with Crippen molar-refractivity contribution in [1.29, 1.82) is 0 Å². The molecule has 2 nitrogen and oxygen atoms in total. The first-order chi connectivity index (χ1) is 7.83. The highest BCUT2D eigenvalue weighted by Crippen LogP contribution is 2.34. The Morgan fingerprint density at radius 2 is 2.19 bits per heavy atom. The van der Waals surface area contributed by atoms with Crippen LogP contribution in [-0.2, 0) is 0 Å². The van der Waals surface area contributed by atoms with E-state index in [1.165, 1.54) is 18.4 Å². The quantitative estimate of drug-likeness (QED) is 0.785. The number of hydrogen-bond acceptors (Lipinski definition) is 2. The molecule has 1 aliphatic rings. The minimum atomic E-state index is 0.455. The molecular weight excluding hydrogens is 198 g/mol. The van der Waals surface area contributed by atoms with Crippen molar-refractivity contribution in [3.8, 4) is 5.75 Å². The van der Waals surface area contributed by atoms with Crippen molar-refractivity contribution < 1.29 is 4.74 Å². The third-order valence-electron chi connectivity index (χ3n) is 3.22. The Morgan fingerprint density at radius 1 is 1.38 bits per heavy atom. The standard InChI is InChI=1S/C14H21NO/c1-3-4-9-15-14-11(2)10-16-13-8-6-5-7-12(13)14/h5-8,11,14-15H,3-4,9-10H2,1-2H3. The highest BCUT2D eigenvalue weighted by atomic mass is 16.5. The van der Waals surface area contributed by atoms with Crippen molar-refractivity contribution in [2.24, 2.45) is 5.92 Å². The SMILES string of the molecule is CCCCNC1c2ccccc2OCC1C. The van der Waals surface area contributed by atoms with Crippen LogP contribution in [0.1, 0.15) is 38.3 Å². The lowest BCUT2D eigenvalue weighted by Crippen LogP contribution is -2.34. The second-order valence-electron chi connectivity index (χ2n) is 4.61. The first-order valence-electron chi connectivity index (χ1n) is 6.28. The number of benzene rings is 1. The van der Waals surface area contributed by atoms with Crippen LogP contribution in [0.15, 0.2) is 24.3 Å². The lowest BCUT2D eigenvalue weighted by Gasteiger charge is -2.32. The van der Waals surface area contributed by atoms with Gasteiger partial charge < -0.3 is 10.1 Å². The van der Waals surface area contributed by atoms with E-state index in [-0.39, 0.29) is 0 Å². The van der Waals surface area contributed by atoms with Crippen molar-refractivity contribution >= 4 is 0 Å². The van der Waals surface area contributed by atoms with Gasteiger partial charge in [0.1, 0.15) is 5.75 Å². The van der Waals surface area contributed by atoms with Crippen molar-refractivity contribution in [3.63, 3.8) is 0 Å². The topological polar surface area (TPSA) is 21.3 Å². The largest absolute Gasteiger partial charge is 0.493 e. The Balaban J connectivity index is 2.10. The predicted molar refractivity (Wildman–Crippen MR) is 66.8 cm³/mol. The molecule has 0 aromatic heterocycles. The maximum atomic E-state index is 5.73. The zero-order valence-electron chi connectivity index (χ0n) is 10.2. The normalized spacial score (nSPS) is 23.6. The fourth-order valence-corrected chi connectivity index (χ4v) is 2.24. The van der Waals surface area contributed by atoms with Gasteiger partial charge in [0, 0.05) is 17.5 Å². The van der Waals surface area contributed by atoms with Gasteiger partial charge in [0.2, 0.25) is 0 Å². The fourth-order valence-electron chi connectivity index (χ4n) is 2.24. The summed E-state index contributed by atoms with van der Waals surface area (Å²) in [6, 6.07) is 8.83. The number of unbranched alkanes of at least 4 members (excludes halogenated alkanes) is 1. The van der Waals surface area contributed by atoms with E-state index in [1.54, 1.807) is 0 Å². The number of fused-ring (bicyclic) bond motifs is 1. The maximum absolute atomic E-state index is 5.73. The number of hydrogen-bond donors (Lipinski definition) is 1. The van der Waals surface area contributed by atoms with Gasteiger partial charge in [0.15, 0.2) is 0 Å². The van der Waals surface area contributed by atoms with Crippen LogP contribution in [0.4, 0.5) is 0 Å². The zero-order chi connectivity index (χ0) is 11.4. The van der Waals surface area contributed by atoms with E-state index in [0.717, 1.165) is 18.9 Å². The molecule has 0 fully saturated rings. The monoisotopic (exact) mass is 219 g/mol. The van der Waals surface area contributed by atoms with Gasteiger partial charge in [0.05, 0.1) is 6.61 Å².